The van der Waals surface area contributed by atoms with Gasteiger partial charge in [0.25, 0.3) is 0 Å². The van der Waals surface area contributed by atoms with Crippen LogP contribution in [0.15, 0.2) is 64.6 Å². The van der Waals surface area contributed by atoms with Gasteiger partial charge in [0.05, 0.1) is 28.8 Å². The number of fused-ring (bicyclic) bond motifs is 1. The Bertz CT molecular complexity index is 902. The molecule has 7 heteroatoms. The lowest BCUT2D eigenvalue weighted by molar-refractivity contribution is -0.139. The topological polar surface area (TPSA) is 30.7 Å². The van der Waals surface area contributed by atoms with Gasteiger partial charge in [0.2, 0.25) is 0 Å². The molecule has 0 saturated heterocycles. The molecule has 0 bridgehead atoms. The largest absolute Gasteiger partial charge is 0.465 e. The van der Waals surface area contributed by atoms with Gasteiger partial charge in [-0.1, -0.05) is 30.0 Å². The van der Waals surface area contributed by atoms with Crippen LogP contribution in [0, 0.1) is 0 Å². The number of alkyl halides is 3. The van der Waals surface area contributed by atoms with Crippen LogP contribution in [-0.4, -0.2) is 17.5 Å². The molecule has 124 valence electrons. The molecule has 0 unspecified atom stereocenters. The van der Waals surface area contributed by atoms with Gasteiger partial charge in [-0.05, 0) is 30.3 Å². The molecule has 0 aliphatic heterocycles. The van der Waals surface area contributed by atoms with Gasteiger partial charge in [-0.2, -0.15) is 13.2 Å². The smallest absolute Gasteiger partial charge is 0.417 e. The van der Waals surface area contributed by atoms with Crippen LogP contribution in [0.3, 0.4) is 0 Å². The third kappa shape index (κ3) is 2.99. The molecule has 2 heterocycles. The number of hydrogen-bond donors (Lipinski definition) is 0. The predicted molar refractivity (Wildman–Crippen MR) is 84.3 cm³/mol. The lowest BCUT2D eigenvalue weighted by atomic mass is 10.2. The van der Waals surface area contributed by atoms with E-state index in [0.717, 1.165) is 17.8 Å². The first kappa shape index (κ1) is 16.4. The van der Waals surface area contributed by atoms with Crippen molar-refractivity contribution in [1.82, 2.24) is 4.40 Å². The maximum absolute atomic E-state index is 13.2. The van der Waals surface area contributed by atoms with Crippen molar-refractivity contribution < 1.29 is 22.7 Å². The van der Waals surface area contributed by atoms with Crippen LogP contribution in [0.5, 0.6) is 0 Å². The molecule has 3 aromatic rings. The molecule has 2 aromatic heterocycles. The van der Waals surface area contributed by atoms with Gasteiger partial charge in [0.1, 0.15) is 0 Å². The Hall–Kier alpha value is -2.41. The maximum Gasteiger partial charge on any atom is 0.417 e. The number of ether oxygens (including phenoxy) is 1. The fourth-order valence-electron chi connectivity index (χ4n) is 2.38. The van der Waals surface area contributed by atoms with Gasteiger partial charge >= 0.3 is 12.1 Å². The Balaban J connectivity index is 2.11. The van der Waals surface area contributed by atoms with Gasteiger partial charge in [0.15, 0.2) is 0 Å². The predicted octanol–water partition coefficient (Wildman–Crippen LogP) is 4.90. The van der Waals surface area contributed by atoms with E-state index in [1.807, 2.05) is 0 Å². The van der Waals surface area contributed by atoms with E-state index in [4.69, 9.17) is 4.74 Å². The normalized spacial score (nSPS) is 11.7. The first-order valence-corrected chi connectivity index (χ1v) is 7.76. The number of nitrogens with zero attached hydrogens (tertiary/aromatic N) is 1. The standard InChI is InChI=1S/C17H12F3NO2S/c1-23-16(22)11-10-15(21-9-5-4-7-13(11)21)24-14-8-3-2-6-12(14)17(18,19)20/h2-10H,1H3. The van der Waals surface area contributed by atoms with E-state index in [9.17, 15) is 18.0 Å². The van der Waals surface area contributed by atoms with Crippen LogP contribution in [0.25, 0.3) is 5.52 Å². The first-order chi connectivity index (χ1) is 11.4. The van der Waals surface area contributed by atoms with Crippen LogP contribution >= 0.6 is 11.8 Å². The summed E-state index contributed by atoms with van der Waals surface area (Å²) in [5.74, 6) is -0.533. The number of carbonyl (C=O) groups excluding carboxylic acids is 1. The van der Waals surface area contributed by atoms with Crippen molar-refractivity contribution in [2.75, 3.05) is 7.11 Å². The summed E-state index contributed by atoms with van der Waals surface area (Å²) in [6.07, 6.45) is -2.75. The molecular weight excluding hydrogens is 339 g/mol. The number of methoxy groups -OCH3 is 1. The summed E-state index contributed by atoms with van der Waals surface area (Å²) in [7, 11) is 1.26. The molecular formula is C17H12F3NO2S. The van der Waals surface area contributed by atoms with E-state index in [1.54, 1.807) is 40.9 Å². The minimum Gasteiger partial charge on any atom is -0.465 e. The highest BCUT2D eigenvalue weighted by Gasteiger charge is 2.33. The number of halogens is 3. The van der Waals surface area contributed by atoms with Crippen LogP contribution in [-0.2, 0) is 10.9 Å². The second kappa shape index (κ2) is 6.24. The van der Waals surface area contributed by atoms with E-state index >= 15 is 0 Å². The van der Waals surface area contributed by atoms with Gasteiger partial charge in [-0.25, -0.2) is 4.79 Å². The zero-order valence-electron chi connectivity index (χ0n) is 12.5. The molecule has 0 radical (unpaired) electrons. The molecule has 0 aliphatic carbocycles. The van der Waals surface area contributed by atoms with Crippen molar-refractivity contribution in [2.45, 2.75) is 16.1 Å². The highest BCUT2D eigenvalue weighted by molar-refractivity contribution is 7.99. The van der Waals surface area contributed by atoms with Gasteiger partial charge < -0.3 is 9.14 Å². The highest BCUT2D eigenvalue weighted by Crippen LogP contribution is 2.40. The average Bonchev–Trinajstić information content (AvgIpc) is 2.93. The van der Waals surface area contributed by atoms with E-state index < -0.39 is 17.7 Å². The molecule has 24 heavy (non-hydrogen) atoms. The molecule has 3 nitrogen and oxygen atoms in total. The number of pyridine rings is 1. The van der Waals surface area contributed by atoms with E-state index in [1.165, 1.54) is 19.2 Å². The van der Waals surface area contributed by atoms with Crippen molar-refractivity contribution in [2.24, 2.45) is 0 Å². The molecule has 0 fully saturated rings. The zero-order valence-corrected chi connectivity index (χ0v) is 13.3. The van der Waals surface area contributed by atoms with Crippen molar-refractivity contribution in [3.63, 3.8) is 0 Å². The number of aromatic nitrogens is 1. The molecule has 3 rings (SSSR count). The SMILES string of the molecule is COC(=O)c1cc(Sc2ccccc2C(F)(F)F)n2ccccc12. The summed E-state index contributed by atoms with van der Waals surface area (Å²) < 4.78 is 45.9. The number of rotatable bonds is 3. The Labute approximate surface area is 140 Å². The number of hydrogen-bond acceptors (Lipinski definition) is 3. The van der Waals surface area contributed by atoms with Crippen molar-refractivity contribution in [1.29, 1.82) is 0 Å². The highest BCUT2D eigenvalue weighted by atomic mass is 32.2. The second-order valence-electron chi connectivity index (χ2n) is 4.94. The maximum atomic E-state index is 13.2. The average molecular weight is 351 g/mol. The number of benzene rings is 1. The Morgan fingerprint density at radius 1 is 1.12 bits per heavy atom. The fourth-order valence-corrected chi connectivity index (χ4v) is 3.48. The van der Waals surface area contributed by atoms with Crippen LogP contribution in [0.4, 0.5) is 13.2 Å². The van der Waals surface area contributed by atoms with Crippen LogP contribution in [0.2, 0.25) is 0 Å². The summed E-state index contributed by atoms with van der Waals surface area (Å²) in [4.78, 5) is 12.0. The first-order valence-electron chi connectivity index (χ1n) is 6.94. The van der Waals surface area contributed by atoms with E-state index in [-0.39, 0.29) is 4.90 Å². The molecule has 1 aromatic carbocycles. The lowest BCUT2D eigenvalue weighted by Gasteiger charge is -2.11. The van der Waals surface area contributed by atoms with Crippen molar-refractivity contribution >= 4 is 23.2 Å². The second-order valence-corrected chi connectivity index (χ2v) is 6.00. The molecule has 0 aliphatic rings. The summed E-state index contributed by atoms with van der Waals surface area (Å²) in [6.45, 7) is 0. The minimum atomic E-state index is -4.44. The van der Waals surface area contributed by atoms with Crippen molar-refractivity contribution in [3.05, 3.63) is 65.9 Å². The molecule has 0 saturated carbocycles. The third-order valence-electron chi connectivity index (χ3n) is 3.45. The van der Waals surface area contributed by atoms with E-state index in [0.29, 0.717) is 16.1 Å². The minimum absolute atomic E-state index is 0.0738. The summed E-state index contributed by atoms with van der Waals surface area (Å²) in [6, 6.07) is 12.1. The van der Waals surface area contributed by atoms with Gasteiger partial charge in [0, 0.05) is 11.1 Å². The number of carbonyl (C=O) groups is 1. The summed E-state index contributed by atoms with van der Waals surface area (Å²) in [5.41, 5.74) is 0.182. The monoisotopic (exact) mass is 351 g/mol. The third-order valence-corrected chi connectivity index (χ3v) is 4.55. The number of esters is 1. The Morgan fingerprint density at radius 3 is 2.54 bits per heavy atom. The van der Waals surface area contributed by atoms with Crippen LogP contribution < -0.4 is 0 Å². The Morgan fingerprint density at radius 2 is 1.83 bits per heavy atom. The molecule has 0 amide bonds. The van der Waals surface area contributed by atoms with Crippen molar-refractivity contribution in [3.8, 4) is 0 Å². The summed E-state index contributed by atoms with van der Waals surface area (Å²) in [5, 5.41) is 0.503. The van der Waals surface area contributed by atoms with Crippen LogP contribution in [0.1, 0.15) is 15.9 Å². The lowest BCUT2D eigenvalue weighted by Crippen LogP contribution is -2.06. The van der Waals surface area contributed by atoms with Gasteiger partial charge in [-0.15, -0.1) is 0 Å². The quantitative estimate of drug-likeness (QED) is 0.629. The zero-order chi connectivity index (χ0) is 17.3. The molecule has 0 atom stereocenters. The Kier molecular flexibility index (Phi) is 4.28. The summed E-state index contributed by atoms with van der Waals surface area (Å²) >= 11 is 0.954. The van der Waals surface area contributed by atoms with E-state index in [2.05, 4.69) is 0 Å². The van der Waals surface area contributed by atoms with Gasteiger partial charge in [-0.3, -0.25) is 0 Å². The molecule has 0 N–H and O–H groups in total. The fraction of sp³-hybridized carbons (Fsp3) is 0.118. The molecule has 0 spiro atoms.